The molecule has 1 aliphatic carbocycles. The largest absolute Gasteiger partial charge is 0.460 e. The topological polar surface area (TPSA) is 49.7 Å². The minimum absolute atomic E-state index is 0.266. The predicted molar refractivity (Wildman–Crippen MR) is 36.4 cm³/mol. The van der Waals surface area contributed by atoms with Crippen LogP contribution in [0.5, 0.6) is 0 Å². The van der Waals surface area contributed by atoms with Crippen molar-refractivity contribution in [1.29, 1.82) is 0 Å². The van der Waals surface area contributed by atoms with E-state index < -0.39 is 7.12 Å². The van der Waals surface area contributed by atoms with E-state index in [1.807, 2.05) is 0 Å². The highest BCUT2D eigenvalue weighted by atomic mass is 16.5. The molecule has 1 saturated heterocycles. The van der Waals surface area contributed by atoms with Crippen molar-refractivity contribution in [2.45, 2.75) is 18.2 Å². The lowest BCUT2D eigenvalue weighted by Gasteiger charge is -2.20. The summed E-state index contributed by atoms with van der Waals surface area (Å²) >= 11 is 0. The fourth-order valence-corrected chi connectivity index (χ4v) is 1.84. The Morgan fingerprint density at radius 3 is 2.80 bits per heavy atom. The Balaban J connectivity index is 2.05. The number of fused-ring (bicyclic) bond motifs is 1. The maximum atomic E-state index is 8.95. The SMILES string of the molecule is OB(O)C12COCCC1C2. The molecule has 0 spiro atoms. The van der Waals surface area contributed by atoms with Crippen molar-refractivity contribution in [3.05, 3.63) is 0 Å². The number of rotatable bonds is 1. The zero-order valence-electron chi connectivity index (χ0n) is 5.79. The van der Waals surface area contributed by atoms with Crippen molar-refractivity contribution in [3.8, 4) is 0 Å². The Morgan fingerprint density at radius 2 is 2.30 bits per heavy atom. The van der Waals surface area contributed by atoms with Crippen LogP contribution in [0.2, 0.25) is 5.31 Å². The van der Waals surface area contributed by atoms with Gasteiger partial charge in [0.15, 0.2) is 0 Å². The molecular weight excluding hydrogens is 131 g/mol. The first-order chi connectivity index (χ1) is 4.76. The molecule has 2 rings (SSSR count). The second-order valence-electron chi connectivity index (χ2n) is 3.35. The molecule has 2 aliphatic rings. The minimum atomic E-state index is -1.17. The summed E-state index contributed by atoms with van der Waals surface area (Å²) in [6, 6.07) is 0. The summed E-state index contributed by atoms with van der Waals surface area (Å²) in [5.74, 6) is 0.515. The van der Waals surface area contributed by atoms with Crippen LogP contribution >= 0.6 is 0 Å². The molecule has 10 heavy (non-hydrogen) atoms. The van der Waals surface area contributed by atoms with E-state index in [0.29, 0.717) is 12.5 Å². The third-order valence-corrected chi connectivity index (χ3v) is 2.78. The van der Waals surface area contributed by atoms with Crippen LogP contribution in [0, 0.1) is 5.92 Å². The Labute approximate surface area is 60.1 Å². The highest BCUT2D eigenvalue weighted by molar-refractivity contribution is 6.47. The van der Waals surface area contributed by atoms with Gasteiger partial charge < -0.3 is 14.8 Å². The Morgan fingerprint density at radius 1 is 1.50 bits per heavy atom. The van der Waals surface area contributed by atoms with Crippen molar-refractivity contribution in [3.63, 3.8) is 0 Å². The van der Waals surface area contributed by atoms with Crippen molar-refractivity contribution >= 4 is 7.12 Å². The summed E-state index contributed by atoms with van der Waals surface area (Å²) in [5.41, 5.74) is 0. The van der Waals surface area contributed by atoms with Gasteiger partial charge in [-0.1, -0.05) is 0 Å². The van der Waals surface area contributed by atoms with E-state index in [0.717, 1.165) is 19.4 Å². The third-order valence-electron chi connectivity index (χ3n) is 2.78. The zero-order valence-corrected chi connectivity index (χ0v) is 5.79. The predicted octanol–water partition coefficient (Wildman–Crippen LogP) is -0.360. The maximum absolute atomic E-state index is 8.95. The van der Waals surface area contributed by atoms with Crippen LogP contribution in [0.25, 0.3) is 0 Å². The van der Waals surface area contributed by atoms with Crippen molar-refractivity contribution < 1.29 is 14.8 Å². The molecular formula is C6H11BO3. The minimum Gasteiger partial charge on any atom is -0.427 e. The maximum Gasteiger partial charge on any atom is 0.460 e. The summed E-state index contributed by atoms with van der Waals surface area (Å²) in [6.45, 7) is 1.33. The Kier molecular flexibility index (Phi) is 1.31. The van der Waals surface area contributed by atoms with Gasteiger partial charge in [-0.3, -0.25) is 0 Å². The number of hydrogen-bond acceptors (Lipinski definition) is 3. The van der Waals surface area contributed by atoms with Gasteiger partial charge in [0.05, 0.1) is 6.61 Å². The van der Waals surface area contributed by atoms with Gasteiger partial charge in [0.2, 0.25) is 0 Å². The quantitative estimate of drug-likeness (QED) is 0.491. The van der Waals surface area contributed by atoms with Gasteiger partial charge in [-0.25, -0.2) is 0 Å². The molecule has 2 atom stereocenters. The molecule has 2 fully saturated rings. The Hall–Kier alpha value is -0.0551. The van der Waals surface area contributed by atoms with Crippen molar-refractivity contribution in [1.82, 2.24) is 0 Å². The summed E-state index contributed by atoms with van der Waals surface area (Å²) in [7, 11) is -1.17. The lowest BCUT2D eigenvalue weighted by Crippen LogP contribution is -2.30. The smallest absolute Gasteiger partial charge is 0.427 e. The second-order valence-corrected chi connectivity index (χ2v) is 3.35. The van der Waals surface area contributed by atoms with Crippen molar-refractivity contribution in [2.75, 3.05) is 13.2 Å². The molecule has 1 aliphatic heterocycles. The van der Waals surface area contributed by atoms with E-state index >= 15 is 0 Å². The average molecular weight is 142 g/mol. The van der Waals surface area contributed by atoms with Gasteiger partial charge in [0, 0.05) is 11.9 Å². The fourth-order valence-electron chi connectivity index (χ4n) is 1.84. The van der Waals surface area contributed by atoms with E-state index in [1.54, 1.807) is 0 Å². The molecule has 0 aromatic heterocycles. The molecule has 3 nitrogen and oxygen atoms in total. The van der Waals surface area contributed by atoms with E-state index in [2.05, 4.69) is 0 Å². The molecule has 0 aromatic carbocycles. The summed E-state index contributed by atoms with van der Waals surface area (Å²) < 4.78 is 5.17. The van der Waals surface area contributed by atoms with Gasteiger partial charge in [0.1, 0.15) is 0 Å². The standard InChI is InChI=1S/C6H11BO3/c8-7(9)6-3-5(6)1-2-10-4-6/h5,8-9H,1-4H2. The van der Waals surface area contributed by atoms with E-state index in [1.165, 1.54) is 0 Å². The van der Waals surface area contributed by atoms with Crippen LogP contribution in [-0.4, -0.2) is 30.4 Å². The molecule has 56 valence electrons. The van der Waals surface area contributed by atoms with Gasteiger partial charge in [-0.2, -0.15) is 0 Å². The highest BCUT2D eigenvalue weighted by Gasteiger charge is 2.62. The van der Waals surface area contributed by atoms with Crippen LogP contribution in [0.4, 0.5) is 0 Å². The van der Waals surface area contributed by atoms with Crippen LogP contribution < -0.4 is 0 Å². The molecule has 2 N–H and O–H groups in total. The molecule has 2 unspecified atom stereocenters. The first-order valence-electron chi connectivity index (χ1n) is 3.69. The molecule has 1 heterocycles. The molecule has 1 saturated carbocycles. The monoisotopic (exact) mass is 142 g/mol. The molecule has 0 bridgehead atoms. The average Bonchev–Trinajstić information content (AvgIpc) is 2.61. The molecule has 0 amide bonds. The third kappa shape index (κ3) is 0.728. The highest BCUT2D eigenvalue weighted by Crippen LogP contribution is 2.64. The van der Waals surface area contributed by atoms with Crippen LogP contribution in [-0.2, 0) is 4.74 Å². The molecule has 4 heteroatoms. The summed E-state index contributed by atoms with van der Waals surface area (Å²) in [4.78, 5) is 0. The van der Waals surface area contributed by atoms with Crippen LogP contribution in [0.15, 0.2) is 0 Å². The first-order valence-corrected chi connectivity index (χ1v) is 3.69. The van der Waals surface area contributed by atoms with Gasteiger partial charge in [-0.05, 0) is 18.8 Å². The lowest BCUT2D eigenvalue weighted by molar-refractivity contribution is 0.0838. The van der Waals surface area contributed by atoms with Crippen molar-refractivity contribution in [2.24, 2.45) is 5.92 Å². The van der Waals surface area contributed by atoms with Crippen LogP contribution in [0.1, 0.15) is 12.8 Å². The second kappa shape index (κ2) is 1.97. The molecule has 0 radical (unpaired) electrons. The normalized spacial score (nSPS) is 44.4. The van der Waals surface area contributed by atoms with E-state index in [9.17, 15) is 0 Å². The Bertz CT molecular complexity index is 150. The lowest BCUT2D eigenvalue weighted by atomic mass is 9.67. The number of hydrogen-bond donors (Lipinski definition) is 2. The summed E-state index contributed by atoms with van der Waals surface area (Å²) in [6.07, 6.45) is 1.93. The molecule has 0 aromatic rings. The van der Waals surface area contributed by atoms with E-state index in [4.69, 9.17) is 14.8 Å². The van der Waals surface area contributed by atoms with Gasteiger partial charge in [0.25, 0.3) is 0 Å². The van der Waals surface area contributed by atoms with Gasteiger partial charge >= 0.3 is 7.12 Å². The zero-order chi connectivity index (χ0) is 7.19. The van der Waals surface area contributed by atoms with E-state index in [-0.39, 0.29) is 5.31 Å². The van der Waals surface area contributed by atoms with Crippen LogP contribution in [0.3, 0.4) is 0 Å². The first kappa shape index (κ1) is 6.64. The van der Waals surface area contributed by atoms with Gasteiger partial charge in [-0.15, -0.1) is 0 Å². The number of ether oxygens (including phenoxy) is 1. The fraction of sp³-hybridized carbons (Fsp3) is 1.00. The summed E-state index contributed by atoms with van der Waals surface area (Å²) in [5, 5.41) is 17.6.